The molecular weight excluding hydrogens is 244 g/mol. The van der Waals surface area contributed by atoms with Gasteiger partial charge in [-0.1, -0.05) is 6.07 Å². The number of hydrogen-bond acceptors (Lipinski definition) is 2. The number of rotatable bonds is 4. The summed E-state index contributed by atoms with van der Waals surface area (Å²) >= 11 is 0. The summed E-state index contributed by atoms with van der Waals surface area (Å²) in [6.07, 6.45) is -0.175. The fourth-order valence-corrected chi connectivity index (χ4v) is 1.33. The number of carboxylic acids is 1. The van der Waals surface area contributed by atoms with Crippen molar-refractivity contribution in [1.82, 2.24) is 4.90 Å². The predicted octanol–water partition coefficient (Wildman–Crippen LogP) is 1.44. The number of aliphatic carboxylic acids is 1. The number of likely N-dealkylation sites (N-methyl/N-ethyl adjacent to an activating group) is 1. The predicted molar refractivity (Wildman–Crippen MR) is 59.9 cm³/mol. The van der Waals surface area contributed by atoms with Crippen LogP contribution in [0.1, 0.15) is 12.5 Å². The van der Waals surface area contributed by atoms with Crippen LogP contribution in [-0.2, 0) is 16.0 Å². The molecule has 1 aromatic rings. The van der Waals surface area contributed by atoms with Gasteiger partial charge in [-0.15, -0.1) is 0 Å². The Morgan fingerprint density at radius 2 is 1.94 bits per heavy atom. The second-order valence-corrected chi connectivity index (χ2v) is 3.94. The highest BCUT2D eigenvalue weighted by molar-refractivity contribution is 5.84. The Balaban J connectivity index is 2.75. The summed E-state index contributed by atoms with van der Waals surface area (Å²) in [7, 11) is 1.35. The topological polar surface area (TPSA) is 57.6 Å². The molecule has 18 heavy (non-hydrogen) atoms. The molecule has 0 spiro atoms. The van der Waals surface area contributed by atoms with Crippen molar-refractivity contribution in [3.8, 4) is 0 Å². The Hall–Kier alpha value is -1.98. The Labute approximate surface area is 103 Å². The minimum absolute atomic E-state index is 0.175. The normalized spacial score (nSPS) is 12.0. The molecule has 0 aliphatic rings. The number of halogens is 2. The average Bonchev–Trinajstić information content (AvgIpc) is 2.31. The first-order valence-electron chi connectivity index (χ1n) is 5.25. The van der Waals surface area contributed by atoms with E-state index in [-0.39, 0.29) is 6.42 Å². The van der Waals surface area contributed by atoms with Gasteiger partial charge in [0.25, 0.3) is 0 Å². The molecule has 1 aromatic carbocycles. The van der Waals surface area contributed by atoms with Crippen LogP contribution >= 0.6 is 0 Å². The lowest BCUT2D eigenvalue weighted by atomic mass is 10.1. The Morgan fingerprint density at radius 3 is 2.44 bits per heavy atom. The zero-order chi connectivity index (χ0) is 13.9. The van der Waals surface area contributed by atoms with Crippen LogP contribution in [0.25, 0.3) is 0 Å². The monoisotopic (exact) mass is 257 g/mol. The molecule has 0 saturated carbocycles. The number of carbonyl (C=O) groups excluding carboxylic acids is 1. The number of benzene rings is 1. The molecule has 4 nitrogen and oxygen atoms in total. The SMILES string of the molecule is CC(C(=O)O)N(C)C(=O)Cc1ccc(F)c(F)c1. The van der Waals surface area contributed by atoms with Gasteiger partial charge < -0.3 is 10.0 Å². The minimum atomic E-state index is -1.13. The van der Waals surface area contributed by atoms with Crippen LogP contribution in [0.2, 0.25) is 0 Å². The molecule has 0 radical (unpaired) electrons. The highest BCUT2D eigenvalue weighted by atomic mass is 19.2. The van der Waals surface area contributed by atoms with E-state index in [0.717, 1.165) is 17.0 Å². The summed E-state index contributed by atoms with van der Waals surface area (Å²) in [6.45, 7) is 1.37. The number of carboxylic acid groups (broad SMARTS) is 1. The molecule has 98 valence electrons. The number of hydrogen-bond donors (Lipinski definition) is 1. The van der Waals surface area contributed by atoms with Crippen LogP contribution in [0, 0.1) is 11.6 Å². The van der Waals surface area contributed by atoms with E-state index in [1.807, 2.05) is 0 Å². The second kappa shape index (κ2) is 5.57. The zero-order valence-corrected chi connectivity index (χ0v) is 9.98. The molecule has 1 amide bonds. The Morgan fingerprint density at radius 1 is 1.33 bits per heavy atom. The average molecular weight is 257 g/mol. The molecule has 1 N–H and O–H groups in total. The molecule has 1 unspecified atom stereocenters. The highest BCUT2D eigenvalue weighted by Crippen LogP contribution is 2.10. The summed E-state index contributed by atoms with van der Waals surface area (Å²) in [5, 5.41) is 8.74. The highest BCUT2D eigenvalue weighted by Gasteiger charge is 2.21. The van der Waals surface area contributed by atoms with Crippen LogP contribution in [0.3, 0.4) is 0 Å². The lowest BCUT2D eigenvalue weighted by Crippen LogP contribution is -2.41. The van der Waals surface area contributed by atoms with Gasteiger partial charge in [-0.2, -0.15) is 0 Å². The summed E-state index contributed by atoms with van der Waals surface area (Å²) < 4.78 is 25.6. The van der Waals surface area contributed by atoms with Gasteiger partial charge in [-0.3, -0.25) is 4.79 Å². The molecule has 1 rings (SSSR count). The van der Waals surface area contributed by atoms with Crippen LogP contribution in [0.5, 0.6) is 0 Å². The van der Waals surface area contributed by atoms with Crippen molar-refractivity contribution in [3.63, 3.8) is 0 Å². The summed E-state index contributed by atoms with van der Waals surface area (Å²) in [5.41, 5.74) is 0.295. The van der Waals surface area contributed by atoms with E-state index >= 15 is 0 Å². The molecule has 1 atom stereocenters. The van der Waals surface area contributed by atoms with E-state index in [4.69, 9.17) is 5.11 Å². The quantitative estimate of drug-likeness (QED) is 0.887. The van der Waals surface area contributed by atoms with Crippen LogP contribution in [-0.4, -0.2) is 35.0 Å². The standard InChI is InChI=1S/C12H13F2NO3/c1-7(12(17)18)15(2)11(16)6-8-3-4-9(13)10(14)5-8/h3-5,7H,6H2,1-2H3,(H,17,18). The molecule has 0 heterocycles. The van der Waals surface area contributed by atoms with Gasteiger partial charge >= 0.3 is 5.97 Å². The maximum absolute atomic E-state index is 12.9. The molecule has 0 fully saturated rings. The number of amides is 1. The molecule has 0 aliphatic heterocycles. The molecule has 0 saturated heterocycles. The fourth-order valence-electron chi connectivity index (χ4n) is 1.33. The largest absolute Gasteiger partial charge is 0.480 e. The van der Waals surface area contributed by atoms with Crippen molar-refractivity contribution in [1.29, 1.82) is 0 Å². The van der Waals surface area contributed by atoms with Crippen LogP contribution < -0.4 is 0 Å². The Kier molecular flexibility index (Phi) is 4.36. The van der Waals surface area contributed by atoms with Crippen molar-refractivity contribution in [3.05, 3.63) is 35.4 Å². The van der Waals surface area contributed by atoms with Crippen molar-refractivity contribution in [2.75, 3.05) is 7.05 Å². The second-order valence-electron chi connectivity index (χ2n) is 3.94. The lowest BCUT2D eigenvalue weighted by Gasteiger charge is -2.21. The minimum Gasteiger partial charge on any atom is -0.480 e. The van der Waals surface area contributed by atoms with Gasteiger partial charge in [0, 0.05) is 7.05 Å². The summed E-state index contributed by atoms with van der Waals surface area (Å²) in [4.78, 5) is 23.4. The van der Waals surface area contributed by atoms with Crippen LogP contribution in [0.4, 0.5) is 8.78 Å². The lowest BCUT2D eigenvalue weighted by molar-refractivity contribution is -0.148. The first kappa shape index (κ1) is 14.1. The van der Waals surface area contributed by atoms with Crippen molar-refractivity contribution < 1.29 is 23.5 Å². The summed E-state index contributed by atoms with van der Waals surface area (Å²) in [6, 6.07) is 2.17. The van der Waals surface area contributed by atoms with Gasteiger partial charge in [0.2, 0.25) is 5.91 Å². The van der Waals surface area contributed by atoms with Gasteiger partial charge in [-0.25, -0.2) is 13.6 Å². The fraction of sp³-hybridized carbons (Fsp3) is 0.333. The molecule has 0 bridgehead atoms. The van der Waals surface area contributed by atoms with Crippen molar-refractivity contribution >= 4 is 11.9 Å². The van der Waals surface area contributed by atoms with E-state index in [1.54, 1.807) is 0 Å². The Bertz CT molecular complexity index is 476. The van der Waals surface area contributed by atoms with Crippen molar-refractivity contribution in [2.45, 2.75) is 19.4 Å². The third kappa shape index (κ3) is 3.26. The number of carbonyl (C=O) groups is 2. The van der Waals surface area contributed by atoms with E-state index in [9.17, 15) is 18.4 Å². The summed E-state index contributed by atoms with van der Waals surface area (Å²) in [5.74, 6) is -3.63. The van der Waals surface area contributed by atoms with Gasteiger partial charge in [-0.05, 0) is 24.6 Å². The molecule has 0 aliphatic carbocycles. The van der Waals surface area contributed by atoms with Gasteiger partial charge in [0.15, 0.2) is 11.6 Å². The van der Waals surface area contributed by atoms with E-state index in [1.165, 1.54) is 20.0 Å². The third-order valence-electron chi connectivity index (χ3n) is 2.67. The molecular formula is C12H13F2NO3. The maximum atomic E-state index is 12.9. The number of nitrogens with zero attached hydrogens (tertiary/aromatic N) is 1. The van der Waals surface area contributed by atoms with E-state index < -0.39 is 29.6 Å². The smallest absolute Gasteiger partial charge is 0.326 e. The van der Waals surface area contributed by atoms with Gasteiger partial charge in [0.05, 0.1) is 6.42 Å². The zero-order valence-electron chi connectivity index (χ0n) is 9.98. The molecule has 6 heteroatoms. The third-order valence-corrected chi connectivity index (χ3v) is 2.67. The van der Waals surface area contributed by atoms with Gasteiger partial charge in [0.1, 0.15) is 6.04 Å². The van der Waals surface area contributed by atoms with E-state index in [0.29, 0.717) is 5.56 Å². The first-order chi connectivity index (χ1) is 8.32. The first-order valence-corrected chi connectivity index (χ1v) is 5.25. The van der Waals surface area contributed by atoms with Crippen LogP contribution in [0.15, 0.2) is 18.2 Å². The van der Waals surface area contributed by atoms with Crippen molar-refractivity contribution in [2.24, 2.45) is 0 Å². The maximum Gasteiger partial charge on any atom is 0.326 e. The molecule has 0 aromatic heterocycles. The van der Waals surface area contributed by atoms with E-state index in [2.05, 4.69) is 0 Å².